The number of nitrogens with zero attached hydrogens (tertiary/aromatic N) is 1. The summed E-state index contributed by atoms with van der Waals surface area (Å²) < 4.78 is 26.4. The molecule has 0 radical (unpaired) electrons. The maximum Gasteiger partial charge on any atom is 0.317 e. The summed E-state index contributed by atoms with van der Waals surface area (Å²) in [5.41, 5.74) is 0. The van der Waals surface area contributed by atoms with Crippen molar-refractivity contribution in [3.05, 3.63) is 11.8 Å². The smallest absolute Gasteiger partial charge is 0.317 e. The Bertz CT molecular complexity index is 515. The summed E-state index contributed by atoms with van der Waals surface area (Å²) in [4.78, 5) is 22.2. The molecule has 0 aromatic carbocycles. The van der Waals surface area contributed by atoms with Crippen molar-refractivity contribution in [1.82, 2.24) is 5.16 Å². The standard InChI is InChI=1S/C18H29NO7/c1-4-24-18(21)17(14(2)3)15-13-16(19-26-15)25-12-11-23-10-9-22-8-6-5-7-20/h7,13-14,17H,4-6,8-12H2,1-3H3. The summed E-state index contributed by atoms with van der Waals surface area (Å²) in [7, 11) is 0. The number of hydrogen-bond acceptors (Lipinski definition) is 8. The second-order valence-corrected chi connectivity index (χ2v) is 5.92. The number of ether oxygens (including phenoxy) is 4. The second-order valence-electron chi connectivity index (χ2n) is 5.92. The van der Waals surface area contributed by atoms with Crippen LogP contribution in [0.2, 0.25) is 0 Å². The fourth-order valence-electron chi connectivity index (χ4n) is 2.23. The van der Waals surface area contributed by atoms with Crippen LogP contribution < -0.4 is 4.74 Å². The number of hydrogen-bond donors (Lipinski definition) is 0. The van der Waals surface area contributed by atoms with E-state index in [1.807, 2.05) is 13.8 Å². The monoisotopic (exact) mass is 371 g/mol. The third-order valence-corrected chi connectivity index (χ3v) is 3.48. The van der Waals surface area contributed by atoms with Gasteiger partial charge < -0.3 is 28.3 Å². The van der Waals surface area contributed by atoms with E-state index in [1.165, 1.54) is 0 Å². The quantitative estimate of drug-likeness (QED) is 0.263. The topological polar surface area (TPSA) is 97.1 Å². The highest BCUT2D eigenvalue weighted by atomic mass is 16.6. The van der Waals surface area contributed by atoms with Gasteiger partial charge in [-0.1, -0.05) is 13.8 Å². The largest absolute Gasteiger partial charge is 0.473 e. The first kappa shape index (κ1) is 22.1. The van der Waals surface area contributed by atoms with Crippen molar-refractivity contribution in [1.29, 1.82) is 0 Å². The molecule has 0 bridgehead atoms. The lowest BCUT2D eigenvalue weighted by Crippen LogP contribution is -2.20. The number of esters is 1. The summed E-state index contributed by atoms with van der Waals surface area (Å²) in [6, 6.07) is 1.61. The SMILES string of the molecule is CCOC(=O)C(c1cc(OCCOCCOCCCC=O)no1)C(C)C. The molecular formula is C18H29NO7. The molecule has 8 heteroatoms. The second kappa shape index (κ2) is 13.3. The van der Waals surface area contributed by atoms with Gasteiger partial charge in [-0.15, -0.1) is 0 Å². The summed E-state index contributed by atoms with van der Waals surface area (Å²) in [5, 5.41) is 3.82. The van der Waals surface area contributed by atoms with Crippen molar-refractivity contribution < 1.29 is 33.1 Å². The lowest BCUT2D eigenvalue weighted by Gasteiger charge is -2.15. The minimum Gasteiger partial charge on any atom is -0.473 e. The maximum absolute atomic E-state index is 12.0. The van der Waals surface area contributed by atoms with Crippen LogP contribution in [0.3, 0.4) is 0 Å². The van der Waals surface area contributed by atoms with Crippen LogP contribution in [-0.2, 0) is 23.8 Å². The van der Waals surface area contributed by atoms with Gasteiger partial charge in [0.15, 0.2) is 5.76 Å². The predicted molar refractivity (Wildman–Crippen MR) is 93.1 cm³/mol. The van der Waals surface area contributed by atoms with Crippen molar-refractivity contribution in [3.63, 3.8) is 0 Å². The van der Waals surface area contributed by atoms with Crippen molar-refractivity contribution >= 4 is 12.3 Å². The van der Waals surface area contributed by atoms with E-state index in [2.05, 4.69) is 5.16 Å². The first-order valence-corrected chi connectivity index (χ1v) is 8.95. The van der Waals surface area contributed by atoms with Gasteiger partial charge >= 0.3 is 5.97 Å². The highest BCUT2D eigenvalue weighted by Crippen LogP contribution is 2.28. The fourth-order valence-corrected chi connectivity index (χ4v) is 2.23. The molecule has 8 nitrogen and oxygen atoms in total. The molecule has 0 aliphatic heterocycles. The first-order valence-electron chi connectivity index (χ1n) is 8.95. The van der Waals surface area contributed by atoms with Gasteiger partial charge in [0.05, 0.1) is 26.4 Å². The average Bonchev–Trinajstić information content (AvgIpc) is 3.05. The van der Waals surface area contributed by atoms with Gasteiger partial charge in [0.2, 0.25) is 0 Å². The van der Waals surface area contributed by atoms with Crippen LogP contribution >= 0.6 is 0 Å². The lowest BCUT2D eigenvalue weighted by atomic mass is 9.93. The van der Waals surface area contributed by atoms with Crippen molar-refractivity contribution in [2.24, 2.45) is 5.92 Å². The van der Waals surface area contributed by atoms with Gasteiger partial charge in [0, 0.05) is 19.1 Å². The van der Waals surface area contributed by atoms with Gasteiger partial charge in [0.25, 0.3) is 5.88 Å². The molecule has 0 N–H and O–H groups in total. The van der Waals surface area contributed by atoms with Crippen LogP contribution in [0, 0.1) is 5.92 Å². The summed E-state index contributed by atoms with van der Waals surface area (Å²) in [6.07, 6.45) is 2.12. The van der Waals surface area contributed by atoms with E-state index in [9.17, 15) is 9.59 Å². The molecule has 0 saturated carbocycles. The Labute approximate surface area is 154 Å². The Kier molecular flexibility index (Phi) is 11.3. The molecule has 1 aromatic rings. The zero-order valence-electron chi connectivity index (χ0n) is 15.8. The van der Waals surface area contributed by atoms with Crippen LogP contribution in [0.5, 0.6) is 5.88 Å². The average molecular weight is 371 g/mol. The third kappa shape index (κ3) is 8.44. The van der Waals surface area contributed by atoms with Crippen molar-refractivity contribution in [2.45, 2.75) is 39.5 Å². The van der Waals surface area contributed by atoms with Crippen LogP contribution in [0.25, 0.3) is 0 Å². The molecule has 0 saturated heterocycles. The van der Waals surface area contributed by atoms with Gasteiger partial charge in [-0.3, -0.25) is 4.79 Å². The molecule has 0 aliphatic rings. The molecule has 1 atom stereocenters. The zero-order chi connectivity index (χ0) is 19.2. The summed E-state index contributed by atoms with van der Waals surface area (Å²) in [5.74, 6) is -0.0828. The van der Waals surface area contributed by atoms with Crippen LogP contribution in [-0.4, -0.2) is 57.1 Å². The highest BCUT2D eigenvalue weighted by Gasteiger charge is 2.29. The number of aldehydes is 1. The van der Waals surface area contributed by atoms with E-state index < -0.39 is 5.92 Å². The molecule has 1 unspecified atom stereocenters. The normalized spacial score (nSPS) is 12.2. The van der Waals surface area contributed by atoms with E-state index in [4.69, 9.17) is 23.5 Å². The number of carbonyl (C=O) groups excluding carboxylic acids is 2. The van der Waals surface area contributed by atoms with Gasteiger partial charge in [-0.25, -0.2) is 0 Å². The molecule has 0 aliphatic carbocycles. The Hall–Kier alpha value is -1.93. The fraction of sp³-hybridized carbons (Fsp3) is 0.722. The number of aromatic nitrogens is 1. The molecule has 0 fully saturated rings. The minimum atomic E-state index is -0.507. The van der Waals surface area contributed by atoms with Crippen LogP contribution in [0.1, 0.15) is 45.3 Å². The minimum absolute atomic E-state index is 0.0183. The van der Waals surface area contributed by atoms with E-state index >= 15 is 0 Å². The van der Waals surface area contributed by atoms with Crippen LogP contribution in [0.15, 0.2) is 10.6 Å². The van der Waals surface area contributed by atoms with Crippen molar-refractivity contribution in [2.75, 3.05) is 39.6 Å². The van der Waals surface area contributed by atoms with E-state index in [0.717, 1.165) is 12.7 Å². The third-order valence-electron chi connectivity index (χ3n) is 3.48. The van der Waals surface area contributed by atoms with Crippen LogP contribution in [0.4, 0.5) is 0 Å². The van der Waals surface area contributed by atoms with Crippen molar-refractivity contribution in [3.8, 4) is 5.88 Å². The molecule has 1 heterocycles. The Balaban J connectivity index is 2.24. The maximum atomic E-state index is 12.0. The number of carbonyl (C=O) groups is 2. The van der Waals surface area contributed by atoms with E-state index in [1.54, 1.807) is 13.0 Å². The molecular weight excluding hydrogens is 342 g/mol. The van der Waals surface area contributed by atoms with Gasteiger partial charge in [-0.2, -0.15) is 0 Å². The highest BCUT2D eigenvalue weighted by molar-refractivity contribution is 5.77. The summed E-state index contributed by atoms with van der Waals surface area (Å²) in [6.45, 7) is 8.08. The number of unbranched alkanes of at least 4 members (excludes halogenated alkanes) is 1. The number of rotatable bonds is 15. The Morgan fingerprint density at radius 3 is 2.54 bits per heavy atom. The lowest BCUT2D eigenvalue weighted by molar-refractivity contribution is -0.146. The zero-order valence-corrected chi connectivity index (χ0v) is 15.8. The Morgan fingerprint density at radius 1 is 1.19 bits per heavy atom. The molecule has 0 spiro atoms. The summed E-state index contributed by atoms with van der Waals surface area (Å²) >= 11 is 0. The molecule has 26 heavy (non-hydrogen) atoms. The van der Waals surface area contributed by atoms with Gasteiger partial charge in [0.1, 0.15) is 18.8 Å². The van der Waals surface area contributed by atoms with Gasteiger partial charge in [-0.05, 0) is 24.4 Å². The molecule has 1 rings (SSSR count). The van der Waals surface area contributed by atoms with E-state index in [-0.39, 0.29) is 11.9 Å². The Morgan fingerprint density at radius 2 is 1.88 bits per heavy atom. The molecule has 1 aromatic heterocycles. The predicted octanol–water partition coefficient (Wildman–Crippen LogP) is 2.37. The molecule has 0 amide bonds. The first-order chi connectivity index (χ1) is 12.6. The van der Waals surface area contributed by atoms with E-state index in [0.29, 0.717) is 57.7 Å². The molecule has 148 valence electrons.